The molecule has 1 saturated carbocycles. The number of hydrogen-bond acceptors (Lipinski definition) is 6. The van der Waals surface area contributed by atoms with Gasteiger partial charge in [-0.2, -0.15) is 0 Å². The van der Waals surface area contributed by atoms with Gasteiger partial charge < -0.3 is 14.9 Å². The first kappa shape index (κ1) is 22.3. The summed E-state index contributed by atoms with van der Waals surface area (Å²) >= 11 is 0. The minimum atomic E-state index is -0.839. The standard InChI is InChI=1S/C26H35N5O2/c1-19-21-10-7-15-30(18-20-9-3-6-14-27-20)25(21)29-24(28-19)22-11-8-16-31(22)23(32)17-26(33)12-4-2-5-13-26/h3,6,9,14,22,33H,2,4-5,7-8,10-13,15-18H2,1H3/t22-/m0/s1. The maximum Gasteiger partial charge on any atom is 0.226 e. The molecule has 7 heteroatoms. The first-order chi connectivity index (χ1) is 16.0. The molecule has 176 valence electrons. The fourth-order valence-corrected chi connectivity index (χ4v) is 5.80. The zero-order chi connectivity index (χ0) is 22.8. The first-order valence-corrected chi connectivity index (χ1v) is 12.6. The summed E-state index contributed by atoms with van der Waals surface area (Å²) in [6.45, 7) is 4.46. The topological polar surface area (TPSA) is 82.5 Å². The molecule has 0 bridgehead atoms. The van der Waals surface area contributed by atoms with Crippen LogP contribution in [0.25, 0.3) is 0 Å². The third-order valence-corrected chi connectivity index (χ3v) is 7.58. The number of aromatic nitrogens is 3. The van der Waals surface area contributed by atoms with E-state index in [1.165, 1.54) is 5.56 Å². The maximum atomic E-state index is 13.3. The molecule has 1 amide bonds. The molecule has 2 fully saturated rings. The summed E-state index contributed by atoms with van der Waals surface area (Å²) in [7, 11) is 0. The van der Waals surface area contributed by atoms with Crippen molar-refractivity contribution in [2.75, 3.05) is 18.0 Å². The molecule has 0 aromatic carbocycles. The van der Waals surface area contributed by atoms with Crippen molar-refractivity contribution >= 4 is 11.7 Å². The summed E-state index contributed by atoms with van der Waals surface area (Å²) in [6, 6.07) is 5.91. The molecule has 7 nitrogen and oxygen atoms in total. The van der Waals surface area contributed by atoms with Gasteiger partial charge in [-0.1, -0.05) is 25.3 Å². The monoisotopic (exact) mass is 449 g/mol. The van der Waals surface area contributed by atoms with Gasteiger partial charge in [0, 0.05) is 30.5 Å². The van der Waals surface area contributed by atoms with Crippen molar-refractivity contribution in [2.45, 2.75) is 89.3 Å². The number of anilines is 1. The van der Waals surface area contributed by atoms with E-state index >= 15 is 0 Å². The van der Waals surface area contributed by atoms with Gasteiger partial charge in [-0.25, -0.2) is 9.97 Å². The van der Waals surface area contributed by atoms with Crippen LogP contribution in [0, 0.1) is 6.92 Å². The van der Waals surface area contributed by atoms with Crippen LogP contribution in [0.1, 0.15) is 86.6 Å². The summed E-state index contributed by atoms with van der Waals surface area (Å²) < 4.78 is 0. The number of hydrogen-bond donors (Lipinski definition) is 1. The third kappa shape index (κ3) is 4.74. The van der Waals surface area contributed by atoms with Gasteiger partial charge in [0.25, 0.3) is 0 Å². The van der Waals surface area contributed by atoms with Crippen LogP contribution in [-0.4, -0.2) is 49.6 Å². The Hall–Kier alpha value is -2.54. The van der Waals surface area contributed by atoms with Gasteiger partial charge in [0.2, 0.25) is 5.91 Å². The molecule has 1 saturated heterocycles. The summed E-state index contributed by atoms with van der Waals surface area (Å²) in [5, 5.41) is 10.9. The van der Waals surface area contributed by atoms with E-state index in [-0.39, 0.29) is 18.4 Å². The molecular weight excluding hydrogens is 414 g/mol. The van der Waals surface area contributed by atoms with Crippen molar-refractivity contribution in [3.05, 3.63) is 47.2 Å². The molecule has 0 radical (unpaired) electrons. The average Bonchev–Trinajstić information content (AvgIpc) is 3.31. The molecule has 0 spiro atoms. The lowest BCUT2D eigenvalue weighted by Gasteiger charge is -2.35. The fraction of sp³-hybridized carbons (Fsp3) is 0.615. The van der Waals surface area contributed by atoms with E-state index in [2.05, 4.69) is 22.9 Å². The second-order valence-corrected chi connectivity index (χ2v) is 10.0. The zero-order valence-corrected chi connectivity index (χ0v) is 19.7. The molecule has 1 aliphatic carbocycles. The number of carbonyl (C=O) groups excluding carboxylic acids is 1. The van der Waals surface area contributed by atoms with Crippen molar-refractivity contribution in [1.29, 1.82) is 0 Å². The number of nitrogens with zero attached hydrogens (tertiary/aromatic N) is 5. The van der Waals surface area contributed by atoms with Crippen LogP contribution in [0.5, 0.6) is 0 Å². The van der Waals surface area contributed by atoms with Gasteiger partial charge in [0.15, 0.2) is 5.82 Å². The molecule has 5 rings (SSSR count). The van der Waals surface area contributed by atoms with E-state index in [0.29, 0.717) is 0 Å². The number of aryl methyl sites for hydroxylation is 1. The van der Waals surface area contributed by atoms with Crippen molar-refractivity contribution in [2.24, 2.45) is 0 Å². The Labute approximate surface area is 196 Å². The lowest BCUT2D eigenvalue weighted by atomic mass is 9.82. The SMILES string of the molecule is Cc1nc([C@@H]2CCCN2C(=O)CC2(O)CCCCC2)nc2c1CCCN2Cc1ccccn1. The highest BCUT2D eigenvalue weighted by atomic mass is 16.3. The highest BCUT2D eigenvalue weighted by Gasteiger charge is 2.38. The fourth-order valence-electron chi connectivity index (χ4n) is 5.80. The number of carbonyl (C=O) groups is 1. The van der Waals surface area contributed by atoms with Crippen molar-refractivity contribution in [3.63, 3.8) is 0 Å². The van der Waals surface area contributed by atoms with Crippen molar-refractivity contribution in [3.8, 4) is 0 Å². The molecule has 1 atom stereocenters. The Kier molecular flexibility index (Phi) is 6.32. The normalized spacial score (nSPS) is 22.3. The van der Waals surface area contributed by atoms with Crippen LogP contribution in [-0.2, 0) is 17.8 Å². The second kappa shape index (κ2) is 9.37. The second-order valence-electron chi connectivity index (χ2n) is 10.0. The zero-order valence-electron chi connectivity index (χ0n) is 19.7. The molecule has 1 N–H and O–H groups in total. The van der Waals surface area contributed by atoms with Gasteiger partial charge in [-0.3, -0.25) is 9.78 Å². The van der Waals surface area contributed by atoms with Crippen LogP contribution in [0.2, 0.25) is 0 Å². The van der Waals surface area contributed by atoms with E-state index in [1.54, 1.807) is 0 Å². The van der Waals surface area contributed by atoms with Gasteiger partial charge in [-0.15, -0.1) is 0 Å². The average molecular weight is 450 g/mol. The predicted octanol–water partition coefficient (Wildman–Crippen LogP) is 3.88. The summed E-state index contributed by atoms with van der Waals surface area (Å²) in [5.74, 6) is 1.80. The molecule has 3 aliphatic rings. The van der Waals surface area contributed by atoms with Crippen LogP contribution in [0.4, 0.5) is 5.82 Å². The summed E-state index contributed by atoms with van der Waals surface area (Å²) in [6.07, 6.45) is 10.6. The lowest BCUT2D eigenvalue weighted by Crippen LogP contribution is -2.41. The quantitative estimate of drug-likeness (QED) is 0.746. The highest BCUT2D eigenvalue weighted by molar-refractivity contribution is 5.78. The number of likely N-dealkylation sites (tertiary alicyclic amines) is 1. The van der Waals surface area contributed by atoms with Crippen LogP contribution in [0.3, 0.4) is 0 Å². The van der Waals surface area contributed by atoms with E-state index in [0.717, 1.165) is 100 Å². The Morgan fingerprint density at radius 3 is 2.76 bits per heavy atom. The van der Waals surface area contributed by atoms with E-state index in [1.807, 2.05) is 23.2 Å². The molecule has 2 aliphatic heterocycles. The largest absolute Gasteiger partial charge is 0.389 e. The Balaban J connectivity index is 1.39. The van der Waals surface area contributed by atoms with E-state index < -0.39 is 5.60 Å². The maximum absolute atomic E-state index is 13.3. The van der Waals surface area contributed by atoms with Gasteiger partial charge in [-0.05, 0) is 57.6 Å². The van der Waals surface area contributed by atoms with Gasteiger partial charge >= 0.3 is 0 Å². The smallest absolute Gasteiger partial charge is 0.226 e. The van der Waals surface area contributed by atoms with E-state index in [9.17, 15) is 9.90 Å². The summed E-state index contributed by atoms with van der Waals surface area (Å²) in [5.41, 5.74) is 2.43. The minimum absolute atomic E-state index is 0.0474. The number of rotatable bonds is 5. The summed E-state index contributed by atoms with van der Waals surface area (Å²) in [4.78, 5) is 32.0. The first-order valence-electron chi connectivity index (χ1n) is 12.6. The molecule has 2 aromatic rings. The van der Waals surface area contributed by atoms with Crippen LogP contribution >= 0.6 is 0 Å². The Morgan fingerprint density at radius 1 is 1.12 bits per heavy atom. The van der Waals surface area contributed by atoms with Gasteiger partial charge in [0.1, 0.15) is 5.82 Å². The minimum Gasteiger partial charge on any atom is -0.389 e. The van der Waals surface area contributed by atoms with Crippen molar-refractivity contribution < 1.29 is 9.90 Å². The Morgan fingerprint density at radius 2 is 1.97 bits per heavy atom. The molecular formula is C26H35N5O2. The number of aliphatic hydroxyl groups is 1. The number of amides is 1. The van der Waals surface area contributed by atoms with Crippen LogP contribution < -0.4 is 4.90 Å². The lowest BCUT2D eigenvalue weighted by molar-refractivity contribution is -0.138. The molecule has 0 unspecified atom stereocenters. The number of fused-ring (bicyclic) bond motifs is 1. The Bertz CT molecular complexity index is 990. The molecule has 33 heavy (non-hydrogen) atoms. The molecule has 4 heterocycles. The molecule has 2 aromatic heterocycles. The predicted molar refractivity (Wildman–Crippen MR) is 127 cm³/mol. The number of pyridine rings is 1. The van der Waals surface area contributed by atoms with Gasteiger partial charge in [0.05, 0.1) is 30.3 Å². The van der Waals surface area contributed by atoms with E-state index in [4.69, 9.17) is 9.97 Å². The third-order valence-electron chi connectivity index (χ3n) is 7.58. The van der Waals surface area contributed by atoms with Crippen molar-refractivity contribution in [1.82, 2.24) is 19.9 Å². The highest BCUT2D eigenvalue weighted by Crippen LogP contribution is 2.37. The van der Waals surface area contributed by atoms with Crippen LogP contribution in [0.15, 0.2) is 24.4 Å².